The fourth-order valence-corrected chi connectivity index (χ4v) is 4.99. The zero-order valence-corrected chi connectivity index (χ0v) is 16.3. The normalized spacial score (nSPS) is 11.0. The molecule has 0 spiro atoms. The van der Waals surface area contributed by atoms with Gasteiger partial charge in [0.25, 0.3) is 0 Å². The molecule has 1 N–H and O–H groups in total. The first-order chi connectivity index (χ1) is 12.7. The predicted molar refractivity (Wildman–Crippen MR) is 109 cm³/mol. The molecule has 26 heavy (non-hydrogen) atoms. The largest absolute Gasteiger partial charge is 0.300 e. The minimum Gasteiger partial charge on any atom is -0.300 e. The van der Waals surface area contributed by atoms with Crippen LogP contribution in [0.25, 0.3) is 20.8 Å². The highest BCUT2D eigenvalue weighted by atomic mass is 32.2. The van der Waals surface area contributed by atoms with Crippen molar-refractivity contribution in [3.63, 3.8) is 0 Å². The number of nitrogens with zero attached hydrogens (tertiary/aromatic N) is 3. The van der Waals surface area contributed by atoms with Crippen molar-refractivity contribution in [1.29, 1.82) is 0 Å². The zero-order valence-electron chi connectivity index (χ0n) is 13.8. The summed E-state index contributed by atoms with van der Waals surface area (Å²) in [4.78, 5) is 16.7. The van der Waals surface area contributed by atoms with E-state index in [1.54, 1.807) is 11.3 Å². The Kier molecular flexibility index (Phi) is 4.96. The van der Waals surface area contributed by atoms with Crippen LogP contribution in [0.4, 0.5) is 5.13 Å². The quantitative estimate of drug-likeness (QED) is 0.487. The van der Waals surface area contributed by atoms with Crippen molar-refractivity contribution in [3.8, 4) is 10.6 Å². The molecule has 0 saturated heterocycles. The molecule has 0 saturated carbocycles. The van der Waals surface area contributed by atoms with Crippen LogP contribution in [-0.4, -0.2) is 26.8 Å². The summed E-state index contributed by atoms with van der Waals surface area (Å²) < 4.78 is 2.02. The van der Waals surface area contributed by atoms with Crippen LogP contribution in [0.15, 0.2) is 52.9 Å². The summed E-state index contributed by atoms with van der Waals surface area (Å²) in [6.45, 7) is 2.03. The summed E-state index contributed by atoms with van der Waals surface area (Å²) in [5, 5.41) is 12.3. The maximum absolute atomic E-state index is 12.2. The van der Waals surface area contributed by atoms with Crippen molar-refractivity contribution in [2.24, 2.45) is 0 Å². The monoisotopic (exact) mass is 398 g/mol. The van der Waals surface area contributed by atoms with E-state index in [9.17, 15) is 4.79 Å². The standard InChI is InChI=1S/C18H14N4OS3/c1-11-5-4-6-12(9-11)16-21-22-17(26-16)20-15(23)10-24-18-19-13-7-2-3-8-14(13)25-18/h2-9H,10H2,1H3,(H,20,22,23). The van der Waals surface area contributed by atoms with E-state index in [2.05, 4.69) is 26.6 Å². The van der Waals surface area contributed by atoms with Gasteiger partial charge in [-0.2, -0.15) is 0 Å². The van der Waals surface area contributed by atoms with Crippen LogP contribution < -0.4 is 5.32 Å². The highest BCUT2D eigenvalue weighted by Crippen LogP contribution is 2.30. The van der Waals surface area contributed by atoms with E-state index in [1.807, 2.05) is 49.4 Å². The topological polar surface area (TPSA) is 67.8 Å². The highest BCUT2D eigenvalue weighted by Gasteiger charge is 2.11. The number of thiazole rings is 1. The number of hydrogen-bond donors (Lipinski definition) is 1. The molecule has 4 aromatic rings. The lowest BCUT2D eigenvalue weighted by Crippen LogP contribution is -2.13. The summed E-state index contributed by atoms with van der Waals surface area (Å²) in [5.74, 6) is 0.181. The first kappa shape index (κ1) is 17.1. The molecule has 1 amide bonds. The number of aryl methyl sites for hydroxylation is 1. The number of thioether (sulfide) groups is 1. The third kappa shape index (κ3) is 3.92. The Hall–Kier alpha value is -2.29. The molecule has 0 aliphatic heterocycles. The van der Waals surface area contributed by atoms with Crippen LogP contribution in [0.1, 0.15) is 5.56 Å². The van der Waals surface area contributed by atoms with Gasteiger partial charge >= 0.3 is 0 Å². The lowest BCUT2D eigenvalue weighted by Gasteiger charge is -1.99. The molecule has 2 aromatic heterocycles. The van der Waals surface area contributed by atoms with Crippen molar-refractivity contribution >= 4 is 55.7 Å². The van der Waals surface area contributed by atoms with E-state index in [4.69, 9.17) is 0 Å². The fraction of sp³-hybridized carbons (Fsp3) is 0.111. The second-order valence-corrected chi connectivity index (χ2v) is 8.80. The summed E-state index contributed by atoms with van der Waals surface area (Å²) in [7, 11) is 0. The van der Waals surface area contributed by atoms with Gasteiger partial charge in [-0.25, -0.2) is 4.98 Å². The average molecular weight is 399 g/mol. The number of carbonyl (C=O) groups is 1. The number of nitrogens with one attached hydrogen (secondary N) is 1. The molecule has 2 heterocycles. The molecule has 0 aliphatic rings. The van der Waals surface area contributed by atoms with Gasteiger partial charge in [0.05, 0.1) is 16.0 Å². The van der Waals surface area contributed by atoms with Crippen LogP contribution in [0.5, 0.6) is 0 Å². The van der Waals surface area contributed by atoms with E-state index in [0.717, 1.165) is 30.7 Å². The van der Waals surface area contributed by atoms with Crippen LogP contribution in [0.3, 0.4) is 0 Å². The molecule has 130 valence electrons. The Morgan fingerprint density at radius 3 is 2.85 bits per heavy atom. The molecule has 0 bridgehead atoms. The highest BCUT2D eigenvalue weighted by molar-refractivity contribution is 8.01. The molecule has 0 aliphatic carbocycles. The number of amides is 1. The Bertz CT molecular complexity index is 1040. The van der Waals surface area contributed by atoms with Gasteiger partial charge in [-0.3, -0.25) is 10.1 Å². The lowest BCUT2D eigenvalue weighted by atomic mass is 10.1. The van der Waals surface area contributed by atoms with Crippen molar-refractivity contribution in [2.75, 3.05) is 11.1 Å². The number of rotatable bonds is 5. The fourth-order valence-electron chi connectivity index (χ4n) is 2.36. The summed E-state index contributed by atoms with van der Waals surface area (Å²) in [6.07, 6.45) is 0. The molecule has 0 unspecified atom stereocenters. The maximum atomic E-state index is 12.2. The third-order valence-corrected chi connectivity index (χ3v) is 6.60. The summed E-state index contributed by atoms with van der Waals surface area (Å²) in [5.41, 5.74) is 3.13. The Morgan fingerprint density at radius 2 is 2.00 bits per heavy atom. The minimum absolute atomic E-state index is 0.110. The van der Waals surface area contributed by atoms with Gasteiger partial charge in [-0.05, 0) is 25.1 Å². The van der Waals surface area contributed by atoms with E-state index >= 15 is 0 Å². The van der Waals surface area contributed by atoms with E-state index in [-0.39, 0.29) is 5.91 Å². The van der Waals surface area contributed by atoms with Crippen LogP contribution >= 0.6 is 34.4 Å². The number of hydrogen-bond acceptors (Lipinski definition) is 7. The smallest absolute Gasteiger partial charge is 0.236 e. The van der Waals surface area contributed by atoms with E-state index in [0.29, 0.717) is 10.9 Å². The van der Waals surface area contributed by atoms with Crippen molar-refractivity contribution in [3.05, 3.63) is 54.1 Å². The Morgan fingerprint density at radius 1 is 1.12 bits per heavy atom. The molecule has 4 rings (SSSR count). The minimum atomic E-state index is -0.110. The lowest BCUT2D eigenvalue weighted by molar-refractivity contribution is -0.113. The van der Waals surface area contributed by atoms with Gasteiger partial charge in [0.2, 0.25) is 11.0 Å². The third-order valence-electron chi connectivity index (χ3n) is 3.54. The second-order valence-electron chi connectivity index (χ2n) is 5.57. The number of aromatic nitrogens is 3. The van der Waals surface area contributed by atoms with Crippen LogP contribution in [0, 0.1) is 6.92 Å². The van der Waals surface area contributed by atoms with Crippen molar-refractivity contribution < 1.29 is 4.79 Å². The molecular formula is C18H14N4OS3. The number of carbonyl (C=O) groups excluding carboxylic acids is 1. The molecule has 8 heteroatoms. The van der Waals surface area contributed by atoms with Gasteiger partial charge in [0, 0.05) is 5.56 Å². The van der Waals surface area contributed by atoms with Gasteiger partial charge < -0.3 is 0 Å². The molecule has 0 atom stereocenters. The molecular weight excluding hydrogens is 384 g/mol. The second kappa shape index (κ2) is 7.53. The van der Waals surface area contributed by atoms with Gasteiger partial charge in [-0.1, -0.05) is 59.0 Å². The number of fused-ring (bicyclic) bond motifs is 1. The molecule has 2 aromatic carbocycles. The average Bonchev–Trinajstić information content (AvgIpc) is 3.26. The first-order valence-electron chi connectivity index (χ1n) is 7.86. The number of anilines is 1. The zero-order chi connectivity index (χ0) is 17.9. The summed E-state index contributed by atoms with van der Waals surface area (Å²) in [6, 6.07) is 16.0. The molecule has 0 radical (unpaired) electrons. The van der Waals surface area contributed by atoms with Crippen molar-refractivity contribution in [2.45, 2.75) is 11.3 Å². The van der Waals surface area contributed by atoms with E-state index < -0.39 is 0 Å². The van der Waals surface area contributed by atoms with Gasteiger partial charge in [0.15, 0.2) is 4.34 Å². The predicted octanol–water partition coefficient (Wildman–Crippen LogP) is 4.85. The van der Waals surface area contributed by atoms with Crippen LogP contribution in [-0.2, 0) is 4.79 Å². The SMILES string of the molecule is Cc1cccc(-c2nnc(NC(=O)CSc3nc4ccccc4s3)s2)c1. The number of para-hydroxylation sites is 1. The Balaban J connectivity index is 1.37. The first-order valence-corrected chi connectivity index (χ1v) is 10.5. The number of benzene rings is 2. The van der Waals surface area contributed by atoms with Crippen LogP contribution in [0.2, 0.25) is 0 Å². The van der Waals surface area contributed by atoms with Gasteiger partial charge in [0.1, 0.15) is 5.01 Å². The summed E-state index contributed by atoms with van der Waals surface area (Å²) >= 11 is 4.40. The van der Waals surface area contributed by atoms with Gasteiger partial charge in [-0.15, -0.1) is 21.5 Å². The molecule has 5 nitrogen and oxygen atoms in total. The maximum Gasteiger partial charge on any atom is 0.236 e. The van der Waals surface area contributed by atoms with Crippen molar-refractivity contribution in [1.82, 2.24) is 15.2 Å². The Labute approximate surface area is 162 Å². The van der Waals surface area contributed by atoms with E-state index in [1.165, 1.54) is 23.1 Å². The molecule has 0 fully saturated rings.